The molecule has 0 aromatic heterocycles. The van der Waals surface area contributed by atoms with Crippen LogP contribution in [-0.4, -0.2) is 29.1 Å². The SMILES string of the molecule is CCCC(C)(O)CNC(=O)c1ccc2c(c1)CCC(=O)N2. The van der Waals surface area contributed by atoms with Gasteiger partial charge in [0.25, 0.3) is 5.91 Å². The molecule has 21 heavy (non-hydrogen) atoms. The number of hydrogen-bond donors (Lipinski definition) is 3. The van der Waals surface area contributed by atoms with Gasteiger partial charge in [0.1, 0.15) is 0 Å². The molecule has 0 saturated heterocycles. The molecule has 5 nitrogen and oxygen atoms in total. The van der Waals surface area contributed by atoms with Crippen molar-refractivity contribution in [2.75, 3.05) is 11.9 Å². The summed E-state index contributed by atoms with van der Waals surface area (Å²) in [5.74, 6) is -0.193. The highest BCUT2D eigenvalue weighted by atomic mass is 16.3. The van der Waals surface area contributed by atoms with Crippen molar-refractivity contribution < 1.29 is 14.7 Å². The van der Waals surface area contributed by atoms with Gasteiger partial charge in [0.05, 0.1) is 5.60 Å². The lowest BCUT2D eigenvalue weighted by atomic mass is 9.99. The van der Waals surface area contributed by atoms with Crippen LogP contribution in [-0.2, 0) is 11.2 Å². The van der Waals surface area contributed by atoms with Crippen LogP contribution in [0.1, 0.15) is 49.0 Å². The van der Waals surface area contributed by atoms with Gasteiger partial charge < -0.3 is 15.7 Å². The Bertz CT molecular complexity index is 552. The molecule has 114 valence electrons. The smallest absolute Gasteiger partial charge is 0.251 e. The van der Waals surface area contributed by atoms with E-state index in [0.717, 1.165) is 17.7 Å². The molecule has 1 aliphatic rings. The Labute approximate surface area is 124 Å². The highest BCUT2D eigenvalue weighted by Crippen LogP contribution is 2.23. The van der Waals surface area contributed by atoms with Crippen LogP contribution < -0.4 is 10.6 Å². The van der Waals surface area contributed by atoms with Gasteiger partial charge in [-0.3, -0.25) is 9.59 Å². The fraction of sp³-hybridized carbons (Fsp3) is 0.500. The number of carbonyl (C=O) groups is 2. The molecule has 3 N–H and O–H groups in total. The standard InChI is InChI=1S/C16H22N2O3/c1-3-8-16(2,21)10-17-15(20)12-4-6-13-11(9-12)5-7-14(19)18-13/h4,6,9,21H,3,5,7-8,10H2,1-2H3,(H,17,20)(H,18,19). The van der Waals surface area contributed by atoms with Gasteiger partial charge in [-0.2, -0.15) is 0 Å². The average Bonchev–Trinajstić information content (AvgIpc) is 2.44. The fourth-order valence-corrected chi connectivity index (χ4v) is 2.52. The molecule has 1 unspecified atom stereocenters. The minimum atomic E-state index is -0.882. The molecule has 1 aromatic rings. The number of nitrogens with one attached hydrogen (secondary N) is 2. The predicted octanol–water partition coefficient (Wildman–Crippen LogP) is 1.85. The summed E-state index contributed by atoms with van der Waals surface area (Å²) in [6.07, 6.45) is 2.60. The van der Waals surface area contributed by atoms with E-state index in [1.54, 1.807) is 25.1 Å². The Hall–Kier alpha value is -1.88. The van der Waals surface area contributed by atoms with Gasteiger partial charge in [0.2, 0.25) is 5.91 Å². The largest absolute Gasteiger partial charge is 0.388 e. The van der Waals surface area contributed by atoms with Crippen LogP contribution in [0.4, 0.5) is 5.69 Å². The summed E-state index contributed by atoms with van der Waals surface area (Å²) in [6.45, 7) is 3.95. The van der Waals surface area contributed by atoms with E-state index in [4.69, 9.17) is 0 Å². The van der Waals surface area contributed by atoms with Crippen molar-refractivity contribution in [1.29, 1.82) is 0 Å². The normalized spacial score (nSPS) is 16.6. The second-order valence-corrected chi connectivity index (χ2v) is 5.85. The molecule has 0 radical (unpaired) electrons. The van der Waals surface area contributed by atoms with E-state index in [0.29, 0.717) is 24.8 Å². The maximum atomic E-state index is 12.1. The molecule has 0 spiro atoms. The lowest BCUT2D eigenvalue weighted by Crippen LogP contribution is -2.40. The zero-order valence-electron chi connectivity index (χ0n) is 12.5. The minimum Gasteiger partial charge on any atom is -0.388 e. The van der Waals surface area contributed by atoms with Gasteiger partial charge in [-0.05, 0) is 43.5 Å². The third kappa shape index (κ3) is 4.04. The van der Waals surface area contributed by atoms with Crippen LogP contribution in [0.15, 0.2) is 18.2 Å². The first-order valence-electron chi connectivity index (χ1n) is 7.34. The number of aliphatic hydroxyl groups is 1. The number of rotatable bonds is 5. The van der Waals surface area contributed by atoms with Crippen molar-refractivity contribution >= 4 is 17.5 Å². The van der Waals surface area contributed by atoms with Gasteiger partial charge in [-0.1, -0.05) is 13.3 Å². The maximum absolute atomic E-state index is 12.1. The molecule has 2 amide bonds. The van der Waals surface area contributed by atoms with Crippen LogP contribution in [0.2, 0.25) is 0 Å². The molecule has 1 atom stereocenters. The van der Waals surface area contributed by atoms with Crippen LogP contribution in [0.25, 0.3) is 0 Å². The molecule has 0 aliphatic carbocycles. The first kappa shape index (κ1) is 15.5. The lowest BCUT2D eigenvalue weighted by molar-refractivity contribution is -0.116. The maximum Gasteiger partial charge on any atom is 0.251 e. The van der Waals surface area contributed by atoms with E-state index in [-0.39, 0.29) is 18.4 Å². The van der Waals surface area contributed by atoms with Crippen molar-refractivity contribution in [3.05, 3.63) is 29.3 Å². The molecule has 1 heterocycles. The summed E-state index contributed by atoms with van der Waals surface area (Å²) in [7, 11) is 0. The summed E-state index contributed by atoms with van der Waals surface area (Å²) < 4.78 is 0. The molecule has 0 bridgehead atoms. The highest BCUT2D eigenvalue weighted by Gasteiger charge is 2.21. The van der Waals surface area contributed by atoms with Crippen LogP contribution in [0, 0.1) is 0 Å². The number of carbonyl (C=O) groups excluding carboxylic acids is 2. The Morgan fingerprint density at radius 2 is 2.19 bits per heavy atom. The Morgan fingerprint density at radius 3 is 2.90 bits per heavy atom. The molecular weight excluding hydrogens is 268 g/mol. The molecule has 2 rings (SSSR count). The van der Waals surface area contributed by atoms with E-state index in [9.17, 15) is 14.7 Å². The molecule has 5 heteroatoms. The second-order valence-electron chi connectivity index (χ2n) is 5.85. The van der Waals surface area contributed by atoms with E-state index in [1.807, 2.05) is 6.92 Å². The summed E-state index contributed by atoms with van der Waals surface area (Å²) in [6, 6.07) is 5.25. The van der Waals surface area contributed by atoms with Gasteiger partial charge in [-0.25, -0.2) is 0 Å². The fourth-order valence-electron chi connectivity index (χ4n) is 2.52. The number of amides is 2. The molecule has 0 saturated carbocycles. The topological polar surface area (TPSA) is 78.4 Å². The Kier molecular flexibility index (Phi) is 4.63. The Balaban J connectivity index is 2.02. The first-order chi connectivity index (χ1) is 9.91. The number of fused-ring (bicyclic) bond motifs is 1. The molecule has 1 aromatic carbocycles. The third-order valence-corrected chi connectivity index (χ3v) is 3.68. The summed E-state index contributed by atoms with van der Waals surface area (Å²) in [4.78, 5) is 23.4. The van der Waals surface area contributed by atoms with E-state index < -0.39 is 5.60 Å². The van der Waals surface area contributed by atoms with Crippen LogP contribution >= 0.6 is 0 Å². The summed E-state index contributed by atoms with van der Waals surface area (Å²) in [5.41, 5.74) is 1.42. The number of aryl methyl sites for hydroxylation is 1. The molecule has 1 aliphatic heterocycles. The molecular formula is C16H22N2O3. The van der Waals surface area contributed by atoms with E-state index in [2.05, 4.69) is 10.6 Å². The van der Waals surface area contributed by atoms with Gasteiger partial charge >= 0.3 is 0 Å². The highest BCUT2D eigenvalue weighted by molar-refractivity contribution is 5.97. The van der Waals surface area contributed by atoms with Crippen molar-refractivity contribution in [3.63, 3.8) is 0 Å². The van der Waals surface area contributed by atoms with E-state index in [1.165, 1.54) is 0 Å². The van der Waals surface area contributed by atoms with Gasteiger partial charge in [-0.15, -0.1) is 0 Å². The van der Waals surface area contributed by atoms with Crippen molar-refractivity contribution in [3.8, 4) is 0 Å². The first-order valence-corrected chi connectivity index (χ1v) is 7.34. The van der Waals surface area contributed by atoms with Gasteiger partial charge in [0.15, 0.2) is 0 Å². The third-order valence-electron chi connectivity index (χ3n) is 3.68. The summed E-state index contributed by atoms with van der Waals surface area (Å²) >= 11 is 0. The van der Waals surface area contributed by atoms with E-state index >= 15 is 0 Å². The lowest BCUT2D eigenvalue weighted by Gasteiger charge is -2.23. The summed E-state index contributed by atoms with van der Waals surface area (Å²) in [5, 5.41) is 15.6. The van der Waals surface area contributed by atoms with Crippen molar-refractivity contribution in [2.45, 2.75) is 45.1 Å². The quantitative estimate of drug-likeness (QED) is 0.774. The predicted molar refractivity (Wildman–Crippen MR) is 81.3 cm³/mol. The number of benzene rings is 1. The van der Waals surface area contributed by atoms with Crippen molar-refractivity contribution in [2.24, 2.45) is 0 Å². The monoisotopic (exact) mass is 290 g/mol. The van der Waals surface area contributed by atoms with Crippen molar-refractivity contribution in [1.82, 2.24) is 5.32 Å². The molecule has 0 fully saturated rings. The minimum absolute atomic E-state index is 0.00955. The second kappa shape index (κ2) is 6.26. The number of hydrogen-bond acceptors (Lipinski definition) is 3. The number of anilines is 1. The van der Waals surface area contributed by atoms with Crippen LogP contribution in [0.5, 0.6) is 0 Å². The van der Waals surface area contributed by atoms with Crippen LogP contribution in [0.3, 0.4) is 0 Å². The Morgan fingerprint density at radius 1 is 1.43 bits per heavy atom. The average molecular weight is 290 g/mol. The van der Waals surface area contributed by atoms with Gasteiger partial charge in [0, 0.05) is 24.2 Å². The zero-order chi connectivity index (χ0) is 15.5. The zero-order valence-corrected chi connectivity index (χ0v) is 12.5.